The largest absolute Gasteiger partial charge is 0.322 e. The standard InChI is InChI=1S/C20H23FN2O3S/c1-14-10-15(2)13-23(12-14)27(25,26)19-8-6-16(7-9-19)20(24)22-18-5-3-4-17(21)11-18/h3-9,11,14-15H,10,12-13H2,1-2H3,(H,22,24)/t14-,15-/m0/s1. The van der Waals surface area contributed by atoms with Gasteiger partial charge in [-0.1, -0.05) is 19.9 Å². The van der Waals surface area contributed by atoms with Gasteiger partial charge in [-0.25, -0.2) is 12.8 Å². The highest BCUT2D eigenvalue weighted by atomic mass is 32.2. The van der Waals surface area contributed by atoms with Crippen LogP contribution in [0.1, 0.15) is 30.6 Å². The van der Waals surface area contributed by atoms with E-state index in [0.29, 0.717) is 36.2 Å². The molecule has 5 nitrogen and oxygen atoms in total. The Bertz CT molecular complexity index is 918. The van der Waals surface area contributed by atoms with E-state index in [-0.39, 0.29) is 4.90 Å². The summed E-state index contributed by atoms with van der Waals surface area (Å²) in [5, 5.41) is 2.59. The summed E-state index contributed by atoms with van der Waals surface area (Å²) in [5.41, 5.74) is 0.645. The van der Waals surface area contributed by atoms with Crippen LogP contribution in [-0.4, -0.2) is 31.7 Å². The summed E-state index contributed by atoms with van der Waals surface area (Å²) in [6.07, 6.45) is 1.02. The van der Waals surface area contributed by atoms with Crippen molar-refractivity contribution in [2.45, 2.75) is 25.2 Å². The molecule has 144 valence electrons. The van der Waals surface area contributed by atoms with Gasteiger partial charge in [-0.15, -0.1) is 0 Å². The second-order valence-electron chi connectivity index (χ2n) is 7.26. The van der Waals surface area contributed by atoms with Gasteiger partial charge < -0.3 is 5.32 Å². The van der Waals surface area contributed by atoms with Crippen molar-refractivity contribution in [3.05, 3.63) is 59.9 Å². The monoisotopic (exact) mass is 390 g/mol. The first-order valence-corrected chi connectivity index (χ1v) is 10.4. The molecule has 1 aliphatic heterocycles. The van der Waals surface area contributed by atoms with Crippen molar-refractivity contribution in [2.75, 3.05) is 18.4 Å². The van der Waals surface area contributed by atoms with Gasteiger partial charge in [-0.05, 0) is 60.7 Å². The molecule has 1 heterocycles. The number of carbonyl (C=O) groups is 1. The molecule has 1 saturated heterocycles. The molecule has 7 heteroatoms. The summed E-state index contributed by atoms with van der Waals surface area (Å²) >= 11 is 0. The van der Waals surface area contributed by atoms with Gasteiger partial charge >= 0.3 is 0 Å². The van der Waals surface area contributed by atoms with Crippen molar-refractivity contribution >= 4 is 21.6 Å². The summed E-state index contributed by atoms with van der Waals surface area (Å²) in [7, 11) is -3.58. The Morgan fingerprint density at radius 1 is 1.07 bits per heavy atom. The van der Waals surface area contributed by atoms with Gasteiger partial charge in [-0.3, -0.25) is 4.79 Å². The van der Waals surface area contributed by atoms with Crippen LogP contribution in [0.3, 0.4) is 0 Å². The number of rotatable bonds is 4. The third-order valence-corrected chi connectivity index (χ3v) is 6.52. The van der Waals surface area contributed by atoms with Crippen LogP contribution in [0.2, 0.25) is 0 Å². The fourth-order valence-corrected chi connectivity index (χ4v) is 5.18. The third-order valence-electron chi connectivity index (χ3n) is 4.67. The van der Waals surface area contributed by atoms with E-state index in [1.165, 1.54) is 46.8 Å². The van der Waals surface area contributed by atoms with E-state index in [1.54, 1.807) is 6.07 Å². The average Bonchev–Trinajstić information content (AvgIpc) is 2.61. The minimum atomic E-state index is -3.58. The van der Waals surface area contributed by atoms with Gasteiger partial charge in [0.2, 0.25) is 10.0 Å². The zero-order chi connectivity index (χ0) is 19.6. The summed E-state index contributed by atoms with van der Waals surface area (Å²) in [5.74, 6) is -0.233. The molecule has 0 saturated carbocycles. The van der Waals surface area contributed by atoms with E-state index in [2.05, 4.69) is 19.2 Å². The number of amides is 1. The predicted molar refractivity (Wildman–Crippen MR) is 102 cm³/mol. The van der Waals surface area contributed by atoms with E-state index in [4.69, 9.17) is 0 Å². The van der Waals surface area contributed by atoms with Crippen molar-refractivity contribution in [3.8, 4) is 0 Å². The summed E-state index contributed by atoms with van der Waals surface area (Å²) < 4.78 is 40.5. The lowest BCUT2D eigenvalue weighted by atomic mass is 9.94. The first-order valence-electron chi connectivity index (χ1n) is 8.93. The van der Waals surface area contributed by atoms with E-state index < -0.39 is 21.7 Å². The lowest BCUT2D eigenvalue weighted by molar-refractivity contribution is 0.102. The van der Waals surface area contributed by atoms with Crippen LogP contribution >= 0.6 is 0 Å². The molecule has 1 N–H and O–H groups in total. The van der Waals surface area contributed by atoms with Crippen molar-refractivity contribution < 1.29 is 17.6 Å². The number of hydrogen-bond donors (Lipinski definition) is 1. The maximum Gasteiger partial charge on any atom is 0.255 e. The fourth-order valence-electron chi connectivity index (χ4n) is 3.50. The van der Waals surface area contributed by atoms with E-state index in [0.717, 1.165) is 6.42 Å². The Morgan fingerprint density at radius 2 is 1.70 bits per heavy atom. The molecule has 3 rings (SSSR count). The maximum atomic E-state index is 13.2. The first-order chi connectivity index (χ1) is 12.8. The number of sulfonamides is 1. The van der Waals surface area contributed by atoms with E-state index >= 15 is 0 Å². The molecule has 2 aromatic carbocycles. The molecular formula is C20H23FN2O3S. The smallest absolute Gasteiger partial charge is 0.255 e. The number of benzene rings is 2. The summed E-state index contributed by atoms with van der Waals surface area (Å²) in [6, 6.07) is 11.4. The van der Waals surface area contributed by atoms with Gasteiger partial charge in [0.15, 0.2) is 0 Å². The molecule has 0 spiro atoms. The minimum absolute atomic E-state index is 0.172. The van der Waals surface area contributed by atoms with Gasteiger partial charge in [0, 0.05) is 24.3 Å². The Morgan fingerprint density at radius 3 is 2.30 bits per heavy atom. The second kappa shape index (κ2) is 7.78. The quantitative estimate of drug-likeness (QED) is 0.865. The van der Waals surface area contributed by atoms with E-state index in [9.17, 15) is 17.6 Å². The number of anilines is 1. The molecule has 0 aromatic heterocycles. The highest BCUT2D eigenvalue weighted by molar-refractivity contribution is 7.89. The number of nitrogens with zero attached hydrogens (tertiary/aromatic N) is 1. The van der Waals surface area contributed by atoms with Gasteiger partial charge in [0.25, 0.3) is 5.91 Å². The van der Waals surface area contributed by atoms with Crippen molar-refractivity contribution in [1.29, 1.82) is 0 Å². The van der Waals surface area contributed by atoms with Crippen molar-refractivity contribution in [1.82, 2.24) is 4.31 Å². The number of hydrogen-bond acceptors (Lipinski definition) is 3. The molecule has 1 amide bonds. The average molecular weight is 390 g/mol. The van der Waals surface area contributed by atoms with Crippen LogP contribution < -0.4 is 5.32 Å². The summed E-state index contributed by atoms with van der Waals surface area (Å²) in [6.45, 7) is 5.12. The molecule has 0 bridgehead atoms. The minimum Gasteiger partial charge on any atom is -0.322 e. The van der Waals surface area contributed by atoms with E-state index in [1.807, 2.05) is 0 Å². The maximum absolute atomic E-state index is 13.2. The van der Waals surface area contributed by atoms with Gasteiger partial charge in [-0.2, -0.15) is 4.31 Å². The molecule has 2 aromatic rings. The van der Waals surface area contributed by atoms with Crippen molar-refractivity contribution in [2.24, 2.45) is 11.8 Å². The third kappa shape index (κ3) is 4.54. The molecule has 1 fully saturated rings. The van der Waals surface area contributed by atoms with Crippen LogP contribution in [0, 0.1) is 17.7 Å². The Hall–Kier alpha value is -2.25. The molecule has 2 atom stereocenters. The number of nitrogens with one attached hydrogen (secondary N) is 1. The normalized spacial score (nSPS) is 21.0. The molecular weight excluding hydrogens is 367 g/mol. The zero-order valence-corrected chi connectivity index (χ0v) is 16.2. The lowest BCUT2D eigenvalue weighted by Crippen LogP contribution is -2.42. The Balaban J connectivity index is 1.75. The number of halogens is 1. The van der Waals surface area contributed by atoms with Crippen LogP contribution in [-0.2, 0) is 10.0 Å². The Kier molecular flexibility index (Phi) is 5.62. The molecule has 1 aliphatic rings. The number of piperidine rings is 1. The van der Waals surface area contributed by atoms with Crippen LogP contribution in [0.5, 0.6) is 0 Å². The topological polar surface area (TPSA) is 66.5 Å². The van der Waals surface area contributed by atoms with Gasteiger partial charge in [0.05, 0.1) is 4.90 Å². The highest BCUT2D eigenvalue weighted by Crippen LogP contribution is 2.26. The first kappa shape index (κ1) is 19.5. The summed E-state index contributed by atoms with van der Waals surface area (Å²) in [4.78, 5) is 12.5. The lowest BCUT2D eigenvalue weighted by Gasteiger charge is -2.34. The highest BCUT2D eigenvalue weighted by Gasteiger charge is 2.31. The second-order valence-corrected chi connectivity index (χ2v) is 9.19. The number of carbonyl (C=O) groups excluding carboxylic acids is 1. The van der Waals surface area contributed by atoms with Crippen molar-refractivity contribution in [3.63, 3.8) is 0 Å². The predicted octanol–water partition coefficient (Wildman–Crippen LogP) is 3.74. The van der Waals surface area contributed by atoms with Crippen LogP contribution in [0.4, 0.5) is 10.1 Å². The Labute approximate surface area is 159 Å². The molecule has 0 unspecified atom stereocenters. The van der Waals surface area contributed by atoms with Crippen LogP contribution in [0.15, 0.2) is 53.4 Å². The van der Waals surface area contributed by atoms with Crippen LogP contribution in [0.25, 0.3) is 0 Å². The molecule has 0 aliphatic carbocycles. The SMILES string of the molecule is C[C@H]1C[C@H](C)CN(S(=O)(=O)c2ccc(C(=O)Nc3cccc(F)c3)cc2)C1. The fraction of sp³-hybridized carbons (Fsp3) is 0.350. The van der Waals surface area contributed by atoms with Gasteiger partial charge in [0.1, 0.15) is 5.82 Å². The molecule has 0 radical (unpaired) electrons. The zero-order valence-electron chi connectivity index (χ0n) is 15.4. The molecule has 27 heavy (non-hydrogen) atoms.